The van der Waals surface area contributed by atoms with Crippen LogP contribution in [0.1, 0.15) is 75.7 Å². The third-order valence-electron chi connectivity index (χ3n) is 6.71. The number of carboxylic acids is 2. The van der Waals surface area contributed by atoms with E-state index in [0.717, 1.165) is 84.4 Å². The molecule has 11 nitrogen and oxygen atoms in total. The first-order valence-corrected chi connectivity index (χ1v) is 13.0. The Morgan fingerprint density at radius 2 is 1.67 bits per heavy atom. The summed E-state index contributed by atoms with van der Waals surface area (Å²) in [5.41, 5.74) is 9.95. The molecule has 0 radical (unpaired) electrons. The number of H-pyrrole nitrogens is 1. The maximum Gasteiger partial charge on any atom is 0.300 e. The van der Waals surface area contributed by atoms with E-state index in [1.54, 1.807) is 0 Å². The quantitative estimate of drug-likeness (QED) is 0.379. The highest BCUT2D eigenvalue weighted by Gasteiger charge is 2.31. The van der Waals surface area contributed by atoms with E-state index in [1.165, 1.54) is 30.5 Å². The van der Waals surface area contributed by atoms with Gasteiger partial charge in [-0.15, -0.1) is 0 Å². The molecule has 0 aromatic carbocycles. The second-order valence-electron chi connectivity index (χ2n) is 9.78. The van der Waals surface area contributed by atoms with Crippen LogP contribution in [-0.4, -0.2) is 81.5 Å². The highest BCUT2D eigenvalue weighted by Crippen LogP contribution is 2.24. The SMILES string of the molecule is CC(=O)O.CC(=O)O.N[C@H]1CC[C@@H](C(=O)NCc2n[nH]c3c2CCCCC3)CN(C2CCOCC2)C1. The summed E-state index contributed by atoms with van der Waals surface area (Å²) < 4.78 is 5.51. The summed E-state index contributed by atoms with van der Waals surface area (Å²) in [7, 11) is 0. The Kier molecular flexibility index (Phi) is 12.9. The van der Waals surface area contributed by atoms with Gasteiger partial charge in [-0.25, -0.2) is 0 Å². The van der Waals surface area contributed by atoms with Crippen molar-refractivity contribution in [3.05, 3.63) is 17.0 Å². The van der Waals surface area contributed by atoms with Crippen LogP contribution in [-0.2, 0) is 38.5 Å². The van der Waals surface area contributed by atoms with Gasteiger partial charge in [0.25, 0.3) is 11.9 Å². The van der Waals surface area contributed by atoms with Crippen LogP contribution in [0, 0.1) is 5.92 Å². The van der Waals surface area contributed by atoms with Crippen LogP contribution in [0.4, 0.5) is 0 Å². The van der Waals surface area contributed by atoms with Gasteiger partial charge in [0.05, 0.1) is 18.2 Å². The van der Waals surface area contributed by atoms with Crippen molar-refractivity contribution >= 4 is 17.8 Å². The van der Waals surface area contributed by atoms with Crippen molar-refractivity contribution < 1.29 is 29.3 Å². The number of aromatic nitrogens is 2. The number of likely N-dealkylation sites (tertiary alicyclic amines) is 1. The lowest BCUT2D eigenvalue weighted by molar-refractivity contribution is -0.135. The fraction of sp³-hybridized carbons (Fsp3) is 0.760. The molecule has 1 aromatic heterocycles. The van der Waals surface area contributed by atoms with Gasteiger partial charge in [-0.2, -0.15) is 5.10 Å². The molecule has 0 unspecified atom stereocenters. The molecule has 4 rings (SSSR count). The van der Waals surface area contributed by atoms with E-state index in [2.05, 4.69) is 20.4 Å². The lowest BCUT2D eigenvalue weighted by Crippen LogP contribution is -2.47. The van der Waals surface area contributed by atoms with E-state index in [4.69, 9.17) is 30.3 Å². The summed E-state index contributed by atoms with van der Waals surface area (Å²) >= 11 is 0. The van der Waals surface area contributed by atoms with Crippen LogP contribution in [0.15, 0.2) is 0 Å². The number of fused-ring (bicyclic) bond motifs is 1. The first-order chi connectivity index (χ1) is 17.2. The van der Waals surface area contributed by atoms with E-state index in [9.17, 15) is 4.79 Å². The molecule has 36 heavy (non-hydrogen) atoms. The highest BCUT2D eigenvalue weighted by atomic mass is 16.5. The van der Waals surface area contributed by atoms with E-state index in [0.29, 0.717) is 12.6 Å². The van der Waals surface area contributed by atoms with Gasteiger partial charge >= 0.3 is 0 Å². The molecular formula is C25H43N5O6. The van der Waals surface area contributed by atoms with Gasteiger partial charge in [-0.3, -0.25) is 24.4 Å². The topological polar surface area (TPSA) is 171 Å². The molecule has 11 heteroatoms. The molecule has 204 valence electrons. The molecule has 0 saturated carbocycles. The number of nitrogens with zero attached hydrogens (tertiary/aromatic N) is 2. The van der Waals surface area contributed by atoms with Gasteiger partial charge in [0.2, 0.25) is 5.91 Å². The van der Waals surface area contributed by atoms with Crippen molar-refractivity contribution in [1.29, 1.82) is 0 Å². The number of aromatic amines is 1. The van der Waals surface area contributed by atoms with Crippen molar-refractivity contribution in [2.24, 2.45) is 11.7 Å². The second-order valence-corrected chi connectivity index (χ2v) is 9.78. The predicted octanol–water partition coefficient (Wildman–Crippen LogP) is 1.69. The number of rotatable bonds is 4. The van der Waals surface area contributed by atoms with E-state index < -0.39 is 11.9 Å². The number of nitrogens with one attached hydrogen (secondary N) is 2. The number of aryl methyl sites for hydroxylation is 1. The van der Waals surface area contributed by atoms with Crippen molar-refractivity contribution in [2.45, 2.75) is 90.3 Å². The van der Waals surface area contributed by atoms with E-state index in [1.807, 2.05) is 0 Å². The fourth-order valence-electron chi connectivity index (χ4n) is 5.01. The maximum absolute atomic E-state index is 13.0. The van der Waals surface area contributed by atoms with Crippen molar-refractivity contribution in [1.82, 2.24) is 20.4 Å². The molecule has 0 spiro atoms. The Bertz CT molecular complexity index is 819. The van der Waals surface area contributed by atoms with Gasteiger partial charge in [0.15, 0.2) is 0 Å². The zero-order valence-electron chi connectivity index (χ0n) is 21.6. The number of hydrogen-bond acceptors (Lipinski definition) is 7. The number of nitrogens with two attached hydrogens (primary N) is 1. The lowest BCUT2D eigenvalue weighted by atomic mass is 10.00. The number of carbonyl (C=O) groups is 3. The van der Waals surface area contributed by atoms with Crippen molar-refractivity contribution in [3.8, 4) is 0 Å². The van der Waals surface area contributed by atoms with Gasteiger partial charge < -0.3 is 26.0 Å². The molecule has 1 aromatic rings. The number of amides is 1. The molecule has 2 fully saturated rings. The van der Waals surface area contributed by atoms with Crippen LogP contribution in [0.3, 0.4) is 0 Å². The van der Waals surface area contributed by atoms with Gasteiger partial charge in [0.1, 0.15) is 0 Å². The number of carbonyl (C=O) groups excluding carboxylic acids is 1. The molecule has 1 aliphatic carbocycles. The molecule has 3 heterocycles. The number of aliphatic carboxylic acids is 2. The summed E-state index contributed by atoms with van der Waals surface area (Å²) in [5.74, 6) is -1.51. The van der Waals surface area contributed by atoms with E-state index in [-0.39, 0.29) is 17.9 Å². The minimum Gasteiger partial charge on any atom is -0.481 e. The predicted molar refractivity (Wildman–Crippen MR) is 134 cm³/mol. The molecule has 3 aliphatic rings. The maximum atomic E-state index is 13.0. The monoisotopic (exact) mass is 509 g/mol. The Morgan fingerprint density at radius 3 is 2.33 bits per heavy atom. The standard InChI is InChI=1S/C21H35N5O2.2C2H4O2/c22-16-7-6-15(13-26(14-16)17-8-10-28-11-9-17)21(27)23-12-20-18-4-2-1-3-5-19(18)24-25-20;2*1-2(3)4/h15-17H,1-14,22H2,(H,23,27)(H,24,25);2*1H3,(H,3,4)/t15-,16+;;/m1../s1. The molecule has 2 saturated heterocycles. The summed E-state index contributed by atoms with van der Waals surface area (Å²) in [5, 5.41) is 25.7. The van der Waals surface area contributed by atoms with Gasteiger partial charge in [-0.05, 0) is 56.9 Å². The van der Waals surface area contributed by atoms with Crippen LogP contribution in [0.5, 0.6) is 0 Å². The summed E-state index contributed by atoms with van der Waals surface area (Å²) in [6, 6.07) is 0.651. The number of carboxylic acid groups (broad SMARTS) is 2. The molecule has 0 bridgehead atoms. The van der Waals surface area contributed by atoms with Crippen LogP contribution in [0.2, 0.25) is 0 Å². The lowest BCUT2D eigenvalue weighted by Gasteiger charge is -2.35. The third-order valence-corrected chi connectivity index (χ3v) is 6.71. The van der Waals surface area contributed by atoms with Crippen LogP contribution in [0.25, 0.3) is 0 Å². The fourth-order valence-corrected chi connectivity index (χ4v) is 5.01. The molecule has 2 atom stereocenters. The van der Waals surface area contributed by atoms with Crippen LogP contribution >= 0.6 is 0 Å². The second kappa shape index (κ2) is 15.6. The summed E-state index contributed by atoms with van der Waals surface area (Å²) in [4.78, 5) is 33.4. The minimum atomic E-state index is -0.833. The van der Waals surface area contributed by atoms with Crippen LogP contribution < -0.4 is 11.1 Å². The Morgan fingerprint density at radius 1 is 1.03 bits per heavy atom. The third kappa shape index (κ3) is 10.6. The molecule has 2 aliphatic heterocycles. The average molecular weight is 510 g/mol. The first-order valence-electron chi connectivity index (χ1n) is 13.0. The summed E-state index contributed by atoms with van der Waals surface area (Å²) in [6.45, 7) is 6.03. The van der Waals surface area contributed by atoms with E-state index >= 15 is 0 Å². The molecule has 1 amide bonds. The minimum absolute atomic E-state index is 0.00828. The highest BCUT2D eigenvalue weighted by molar-refractivity contribution is 5.78. The summed E-state index contributed by atoms with van der Waals surface area (Å²) in [6.07, 6.45) is 9.74. The first kappa shape index (κ1) is 29.7. The van der Waals surface area contributed by atoms with Gasteiger partial charge in [-0.1, -0.05) is 6.42 Å². The van der Waals surface area contributed by atoms with Gasteiger partial charge in [0, 0.05) is 57.9 Å². The zero-order chi connectivity index (χ0) is 26.5. The van der Waals surface area contributed by atoms with Crippen molar-refractivity contribution in [3.63, 3.8) is 0 Å². The van der Waals surface area contributed by atoms with Crippen molar-refractivity contribution in [2.75, 3.05) is 26.3 Å². The largest absolute Gasteiger partial charge is 0.481 e. The smallest absolute Gasteiger partial charge is 0.300 e. The molecular weight excluding hydrogens is 466 g/mol. The number of hydrogen-bond donors (Lipinski definition) is 5. The molecule has 6 N–H and O–H groups in total. The normalized spacial score (nSPS) is 22.9. The average Bonchev–Trinajstić information content (AvgIpc) is 2.97. The number of ether oxygens (including phenoxy) is 1. The Hall–Kier alpha value is -2.50. The zero-order valence-corrected chi connectivity index (χ0v) is 21.6. The Balaban J connectivity index is 0.000000501. The Labute approximate surface area is 213 Å².